The smallest absolute Gasteiger partial charge is 0.338 e. The van der Waals surface area contributed by atoms with E-state index >= 15 is 0 Å². The first kappa shape index (κ1) is 17.2. The van der Waals surface area contributed by atoms with E-state index in [9.17, 15) is 14.7 Å². The molecule has 0 bridgehead atoms. The number of methoxy groups -OCH3 is 1. The van der Waals surface area contributed by atoms with Crippen LogP contribution in [0.1, 0.15) is 59.5 Å². The van der Waals surface area contributed by atoms with Gasteiger partial charge in [0.2, 0.25) is 0 Å². The van der Waals surface area contributed by atoms with Gasteiger partial charge in [0.15, 0.2) is 0 Å². The molecule has 4 heteroatoms. The first-order valence-corrected chi connectivity index (χ1v) is 7.24. The number of carbonyl (C=O) groups excluding carboxylic acids is 1. The molecular formula is C17H24O4. The summed E-state index contributed by atoms with van der Waals surface area (Å²) in [4.78, 5) is 23.5. The number of benzene rings is 1. The molecule has 0 fully saturated rings. The van der Waals surface area contributed by atoms with E-state index in [4.69, 9.17) is 4.74 Å². The zero-order valence-electron chi connectivity index (χ0n) is 13.4. The maximum atomic E-state index is 11.8. The van der Waals surface area contributed by atoms with Crippen molar-refractivity contribution in [3.8, 4) is 0 Å². The van der Waals surface area contributed by atoms with Crippen LogP contribution in [0.15, 0.2) is 12.1 Å². The number of carboxylic acid groups (broad SMARTS) is 1. The van der Waals surface area contributed by atoms with Crippen molar-refractivity contribution in [3.63, 3.8) is 0 Å². The average molecular weight is 292 g/mol. The highest BCUT2D eigenvalue weighted by molar-refractivity contribution is 6.03. The van der Waals surface area contributed by atoms with E-state index in [2.05, 4.69) is 13.8 Å². The quantitative estimate of drug-likeness (QED) is 0.814. The molecule has 0 heterocycles. The highest BCUT2D eigenvalue weighted by atomic mass is 16.5. The summed E-state index contributed by atoms with van der Waals surface area (Å²) in [6.07, 6.45) is 1.43. The normalized spacial score (nSPS) is 11.0. The third-order valence-electron chi connectivity index (χ3n) is 3.27. The Hall–Kier alpha value is -1.84. The summed E-state index contributed by atoms with van der Waals surface area (Å²) >= 11 is 0. The molecule has 0 aliphatic rings. The van der Waals surface area contributed by atoms with Gasteiger partial charge in [-0.3, -0.25) is 0 Å². The Morgan fingerprint density at radius 3 is 2.10 bits per heavy atom. The van der Waals surface area contributed by atoms with E-state index < -0.39 is 11.9 Å². The van der Waals surface area contributed by atoms with Crippen molar-refractivity contribution in [3.05, 3.63) is 34.4 Å². The van der Waals surface area contributed by atoms with Crippen LogP contribution in [0.5, 0.6) is 0 Å². The van der Waals surface area contributed by atoms with Crippen molar-refractivity contribution in [1.82, 2.24) is 0 Å². The molecule has 21 heavy (non-hydrogen) atoms. The number of carboxylic acids is 1. The van der Waals surface area contributed by atoms with Crippen molar-refractivity contribution in [2.24, 2.45) is 11.8 Å². The maximum absolute atomic E-state index is 11.8. The molecule has 1 rings (SSSR count). The minimum Gasteiger partial charge on any atom is -0.478 e. The van der Waals surface area contributed by atoms with Crippen LogP contribution in [0.2, 0.25) is 0 Å². The van der Waals surface area contributed by atoms with Crippen molar-refractivity contribution >= 4 is 11.9 Å². The number of ether oxygens (including phenoxy) is 1. The second-order valence-corrected chi connectivity index (χ2v) is 6.12. The Morgan fingerprint density at radius 1 is 1.10 bits per heavy atom. The van der Waals surface area contributed by atoms with Crippen LogP contribution in [0.4, 0.5) is 0 Å². The van der Waals surface area contributed by atoms with Gasteiger partial charge in [-0.25, -0.2) is 9.59 Å². The Morgan fingerprint density at radius 2 is 1.67 bits per heavy atom. The molecule has 0 unspecified atom stereocenters. The molecule has 0 saturated carbocycles. The molecule has 0 aromatic heterocycles. The van der Waals surface area contributed by atoms with Gasteiger partial charge in [0, 0.05) is 0 Å². The first-order chi connectivity index (χ1) is 9.77. The van der Waals surface area contributed by atoms with Crippen LogP contribution in [0, 0.1) is 11.8 Å². The monoisotopic (exact) mass is 292 g/mol. The summed E-state index contributed by atoms with van der Waals surface area (Å²) in [5.41, 5.74) is 1.99. The van der Waals surface area contributed by atoms with Crippen LogP contribution >= 0.6 is 0 Å². The minimum atomic E-state index is -1.07. The van der Waals surface area contributed by atoms with Gasteiger partial charge < -0.3 is 9.84 Å². The average Bonchev–Trinajstić information content (AvgIpc) is 2.37. The molecule has 4 nitrogen and oxygen atoms in total. The second-order valence-electron chi connectivity index (χ2n) is 6.12. The van der Waals surface area contributed by atoms with E-state index in [0.29, 0.717) is 18.3 Å². The van der Waals surface area contributed by atoms with Crippen molar-refractivity contribution in [2.45, 2.75) is 40.5 Å². The summed E-state index contributed by atoms with van der Waals surface area (Å²) in [6, 6.07) is 3.42. The fourth-order valence-corrected chi connectivity index (χ4v) is 2.49. The number of aromatic carboxylic acids is 1. The Kier molecular flexibility index (Phi) is 5.94. The molecule has 0 saturated heterocycles. The van der Waals surface area contributed by atoms with Crippen LogP contribution in [-0.2, 0) is 17.6 Å². The first-order valence-electron chi connectivity index (χ1n) is 7.24. The Labute approximate surface area is 126 Å². The van der Waals surface area contributed by atoms with E-state index in [-0.39, 0.29) is 11.1 Å². The van der Waals surface area contributed by atoms with Gasteiger partial charge in [-0.15, -0.1) is 0 Å². The van der Waals surface area contributed by atoms with Gasteiger partial charge >= 0.3 is 11.9 Å². The van der Waals surface area contributed by atoms with Crippen LogP contribution in [-0.4, -0.2) is 24.2 Å². The number of esters is 1. The number of hydrogen-bond donors (Lipinski definition) is 1. The number of hydrogen-bond acceptors (Lipinski definition) is 3. The molecule has 0 aliphatic carbocycles. The molecule has 0 atom stereocenters. The van der Waals surface area contributed by atoms with E-state index in [1.165, 1.54) is 7.11 Å². The lowest BCUT2D eigenvalue weighted by Crippen LogP contribution is -2.17. The van der Waals surface area contributed by atoms with E-state index in [1.54, 1.807) is 6.07 Å². The van der Waals surface area contributed by atoms with Crippen molar-refractivity contribution in [1.29, 1.82) is 0 Å². The maximum Gasteiger partial charge on any atom is 0.338 e. The molecule has 1 N–H and O–H groups in total. The predicted octanol–water partition coefficient (Wildman–Crippen LogP) is 3.57. The molecule has 1 aromatic carbocycles. The third-order valence-corrected chi connectivity index (χ3v) is 3.27. The van der Waals surface area contributed by atoms with Gasteiger partial charge in [-0.2, -0.15) is 0 Å². The number of rotatable bonds is 6. The second kappa shape index (κ2) is 7.25. The van der Waals surface area contributed by atoms with Gasteiger partial charge in [-0.1, -0.05) is 33.8 Å². The molecule has 0 aliphatic heterocycles. The van der Waals surface area contributed by atoms with Gasteiger partial charge in [0.05, 0.1) is 18.2 Å². The summed E-state index contributed by atoms with van der Waals surface area (Å²) in [5, 5.41) is 9.55. The lowest BCUT2D eigenvalue weighted by Gasteiger charge is -2.18. The lowest BCUT2D eigenvalue weighted by molar-refractivity contribution is 0.0582. The minimum absolute atomic E-state index is 0.0914. The molecule has 0 spiro atoms. The zero-order valence-corrected chi connectivity index (χ0v) is 13.4. The highest BCUT2D eigenvalue weighted by Crippen LogP contribution is 2.25. The molecule has 1 aromatic rings. The largest absolute Gasteiger partial charge is 0.478 e. The Balaban J connectivity index is 3.53. The molecule has 116 valence electrons. The predicted molar refractivity (Wildman–Crippen MR) is 81.8 cm³/mol. The highest BCUT2D eigenvalue weighted by Gasteiger charge is 2.24. The lowest BCUT2D eigenvalue weighted by atomic mass is 9.87. The fraction of sp³-hybridized carbons (Fsp3) is 0.529. The number of carbonyl (C=O) groups is 2. The summed E-state index contributed by atoms with van der Waals surface area (Å²) in [5.74, 6) is -0.950. The van der Waals surface area contributed by atoms with E-state index in [1.807, 2.05) is 19.9 Å². The molecule has 0 amide bonds. The van der Waals surface area contributed by atoms with Gasteiger partial charge in [0.1, 0.15) is 0 Å². The van der Waals surface area contributed by atoms with Crippen LogP contribution in [0.3, 0.4) is 0 Å². The topological polar surface area (TPSA) is 63.6 Å². The summed E-state index contributed by atoms with van der Waals surface area (Å²) in [7, 11) is 1.26. The summed E-state index contributed by atoms with van der Waals surface area (Å²) < 4.78 is 4.71. The van der Waals surface area contributed by atoms with Crippen LogP contribution in [0.25, 0.3) is 0 Å². The SMILES string of the molecule is COC(=O)c1ccc(CC(C)C)c(CC(C)C)c1C(=O)O. The third kappa shape index (κ3) is 4.31. The van der Waals surface area contributed by atoms with Gasteiger partial charge in [-0.05, 0) is 41.9 Å². The van der Waals surface area contributed by atoms with E-state index in [0.717, 1.165) is 17.5 Å². The van der Waals surface area contributed by atoms with Crippen LogP contribution < -0.4 is 0 Å². The fourth-order valence-electron chi connectivity index (χ4n) is 2.49. The molecule has 0 radical (unpaired) electrons. The Bertz CT molecular complexity index is 530. The molecular weight excluding hydrogens is 268 g/mol. The standard InChI is InChI=1S/C17H24O4/c1-10(2)8-12-6-7-13(17(20)21-5)15(16(18)19)14(12)9-11(3)4/h6-7,10-11H,8-9H2,1-5H3,(H,18,19). The van der Waals surface area contributed by atoms with Gasteiger partial charge in [0.25, 0.3) is 0 Å². The zero-order chi connectivity index (χ0) is 16.2. The summed E-state index contributed by atoms with van der Waals surface area (Å²) in [6.45, 7) is 8.26. The van der Waals surface area contributed by atoms with Crippen molar-refractivity contribution < 1.29 is 19.4 Å². The van der Waals surface area contributed by atoms with Crippen molar-refractivity contribution in [2.75, 3.05) is 7.11 Å².